The molecule has 4 rings (SSSR count). The van der Waals surface area contributed by atoms with Gasteiger partial charge in [0, 0.05) is 17.7 Å². The molecule has 23 heavy (non-hydrogen) atoms. The quantitative estimate of drug-likeness (QED) is 0.337. The number of urea groups is 1. The van der Waals surface area contributed by atoms with Gasteiger partial charge in [0.1, 0.15) is 16.5 Å². The topological polar surface area (TPSA) is 100 Å². The van der Waals surface area contributed by atoms with Crippen LogP contribution in [0.3, 0.4) is 0 Å². The van der Waals surface area contributed by atoms with E-state index in [0.29, 0.717) is 17.3 Å². The van der Waals surface area contributed by atoms with Crippen LogP contribution in [0.5, 0.6) is 0 Å². The highest BCUT2D eigenvalue weighted by atomic mass is 32.2. The molecule has 0 atom stereocenters. The maximum atomic E-state index is 11.7. The molecule has 2 aromatic heterocycles. The first kappa shape index (κ1) is 14.1. The molecule has 1 saturated carbocycles. The van der Waals surface area contributed by atoms with E-state index in [-0.39, 0.29) is 5.70 Å². The summed E-state index contributed by atoms with van der Waals surface area (Å²) >= 11 is 1.54. The second kappa shape index (κ2) is 5.27. The molecule has 0 spiro atoms. The Labute approximate surface area is 135 Å². The third-order valence-electron chi connectivity index (χ3n) is 3.63. The summed E-state index contributed by atoms with van der Waals surface area (Å²) in [4.78, 5) is 27.4. The zero-order chi connectivity index (χ0) is 16.0. The number of thioether (sulfide) groups is 1. The van der Waals surface area contributed by atoms with E-state index in [9.17, 15) is 9.59 Å². The summed E-state index contributed by atoms with van der Waals surface area (Å²) in [6.07, 6.45) is 7.49. The molecule has 1 aliphatic heterocycles. The van der Waals surface area contributed by atoms with E-state index >= 15 is 0 Å². The third-order valence-corrected chi connectivity index (χ3v) is 4.26. The summed E-state index contributed by atoms with van der Waals surface area (Å²) in [5.74, 6) is 0.429. The summed E-state index contributed by atoms with van der Waals surface area (Å²) in [7, 11) is 0. The van der Waals surface area contributed by atoms with Crippen LogP contribution in [0.4, 0.5) is 10.6 Å². The van der Waals surface area contributed by atoms with Crippen LogP contribution in [0.15, 0.2) is 23.0 Å². The van der Waals surface area contributed by atoms with Gasteiger partial charge in [0.2, 0.25) is 0 Å². The molecule has 2 aromatic rings. The SMILES string of the molecule is CSc1cc(NC2CC2)n2ncc(/C=C3/NC(=O)NC3=O)c2n1. The predicted octanol–water partition coefficient (Wildman–Crippen LogP) is 1.21. The molecule has 118 valence electrons. The van der Waals surface area contributed by atoms with Gasteiger partial charge >= 0.3 is 6.03 Å². The van der Waals surface area contributed by atoms with Crippen LogP contribution in [-0.2, 0) is 4.79 Å². The van der Waals surface area contributed by atoms with E-state index in [2.05, 4.69) is 26.0 Å². The van der Waals surface area contributed by atoms with Crippen LogP contribution in [-0.4, -0.2) is 38.8 Å². The zero-order valence-corrected chi connectivity index (χ0v) is 13.1. The van der Waals surface area contributed by atoms with E-state index < -0.39 is 11.9 Å². The van der Waals surface area contributed by atoms with E-state index in [1.165, 1.54) is 11.8 Å². The Morgan fingerprint density at radius 2 is 2.22 bits per heavy atom. The van der Waals surface area contributed by atoms with Crippen molar-refractivity contribution < 1.29 is 9.59 Å². The molecule has 0 radical (unpaired) electrons. The summed E-state index contributed by atoms with van der Waals surface area (Å²) in [6.45, 7) is 0. The van der Waals surface area contributed by atoms with Crippen molar-refractivity contribution in [3.63, 3.8) is 0 Å². The normalized spacial score (nSPS) is 19.3. The summed E-state index contributed by atoms with van der Waals surface area (Å²) in [6, 6.07) is 1.93. The van der Waals surface area contributed by atoms with Crippen molar-refractivity contribution in [2.45, 2.75) is 23.9 Å². The molecule has 3 heterocycles. The van der Waals surface area contributed by atoms with Crippen molar-refractivity contribution in [2.24, 2.45) is 0 Å². The van der Waals surface area contributed by atoms with Crippen molar-refractivity contribution >= 4 is 41.2 Å². The Bertz CT molecular complexity index is 854. The molecule has 2 aliphatic rings. The second-order valence-corrected chi connectivity index (χ2v) is 6.23. The van der Waals surface area contributed by atoms with Gasteiger partial charge in [-0.15, -0.1) is 11.8 Å². The number of rotatable bonds is 4. The van der Waals surface area contributed by atoms with Crippen LogP contribution in [0.2, 0.25) is 0 Å². The Morgan fingerprint density at radius 3 is 2.87 bits per heavy atom. The minimum atomic E-state index is -0.522. The Hall–Kier alpha value is -2.55. The van der Waals surface area contributed by atoms with E-state index in [0.717, 1.165) is 23.7 Å². The Morgan fingerprint density at radius 1 is 1.39 bits per heavy atom. The maximum Gasteiger partial charge on any atom is 0.326 e. The minimum absolute atomic E-state index is 0.193. The van der Waals surface area contributed by atoms with Gasteiger partial charge < -0.3 is 10.6 Å². The molecule has 0 bridgehead atoms. The van der Waals surface area contributed by atoms with Gasteiger partial charge in [-0.05, 0) is 25.2 Å². The summed E-state index contributed by atoms with van der Waals surface area (Å²) < 4.78 is 1.72. The number of hydrogen-bond acceptors (Lipinski definition) is 6. The molecule has 8 nitrogen and oxygen atoms in total. The molecule has 1 aliphatic carbocycles. The highest BCUT2D eigenvalue weighted by molar-refractivity contribution is 7.98. The van der Waals surface area contributed by atoms with Gasteiger partial charge in [0.05, 0.1) is 6.20 Å². The molecule has 1 saturated heterocycles. The van der Waals surface area contributed by atoms with Gasteiger partial charge in [0.25, 0.3) is 5.91 Å². The van der Waals surface area contributed by atoms with Crippen LogP contribution in [0.25, 0.3) is 11.7 Å². The lowest BCUT2D eigenvalue weighted by Crippen LogP contribution is -2.22. The predicted molar refractivity (Wildman–Crippen MR) is 86.1 cm³/mol. The van der Waals surface area contributed by atoms with Crippen molar-refractivity contribution in [3.05, 3.63) is 23.5 Å². The lowest BCUT2D eigenvalue weighted by atomic mass is 10.2. The first-order valence-corrected chi connectivity index (χ1v) is 8.40. The lowest BCUT2D eigenvalue weighted by molar-refractivity contribution is -0.115. The monoisotopic (exact) mass is 330 g/mol. The largest absolute Gasteiger partial charge is 0.367 e. The van der Waals surface area contributed by atoms with Crippen LogP contribution < -0.4 is 16.0 Å². The molecular formula is C14H14N6O2S. The van der Waals surface area contributed by atoms with Gasteiger partial charge in [-0.2, -0.15) is 9.61 Å². The molecule has 3 N–H and O–H groups in total. The number of amides is 3. The molecule has 9 heteroatoms. The average molecular weight is 330 g/mol. The number of anilines is 1. The first-order valence-electron chi connectivity index (χ1n) is 7.17. The molecular weight excluding hydrogens is 316 g/mol. The van der Waals surface area contributed by atoms with Crippen molar-refractivity contribution in [1.29, 1.82) is 0 Å². The number of carbonyl (C=O) groups excluding carboxylic acids is 2. The van der Waals surface area contributed by atoms with Crippen molar-refractivity contribution in [2.75, 3.05) is 11.6 Å². The fourth-order valence-corrected chi connectivity index (χ4v) is 2.75. The number of aromatic nitrogens is 3. The maximum absolute atomic E-state index is 11.7. The average Bonchev–Trinajstić information content (AvgIpc) is 3.16. The van der Waals surface area contributed by atoms with Crippen molar-refractivity contribution in [3.8, 4) is 0 Å². The summed E-state index contributed by atoms with van der Waals surface area (Å²) in [5.41, 5.74) is 1.51. The highest BCUT2D eigenvalue weighted by Crippen LogP contribution is 2.28. The Kier molecular flexibility index (Phi) is 3.22. The standard InChI is InChI=1S/C14H14N6O2S/c1-23-11-5-10(16-8-2-3-8)20-12(18-11)7(6-15-20)4-9-13(21)19-14(22)17-9/h4-6,8,16H,2-3H2,1H3,(H2,17,19,21,22)/b9-4+. The minimum Gasteiger partial charge on any atom is -0.367 e. The van der Waals surface area contributed by atoms with Crippen LogP contribution in [0, 0.1) is 0 Å². The Balaban J connectivity index is 1.80. The molecule has 3 amide bonds. The lowest BCUT2D eigenvalue weighted by Gasteiger charge is -2.08. The second-order valence-electron chi connectivity index (χ2n) is 5.40. The number of carbonyl (C=O) groups is 2. The van der Waals surface area contributed by atoms with Gasteiger partial charge in [-0.1, -0.05) is 0 Å². The zero-order valence-electron chi connectivity index (χ0n) is 12.3. The van der Waals surface area contributed by atoms with Gasteiger partial charge in [0.15, 0.2) is 5.65 Å². The smallest absolute Gasteiger partial charge is 0.326 e. The number of imide groups is 1. The number of fused-ring (bicyclic) bond motifs is 1. The van der Waals surface area contributed by atoms with Gasteiger partial charge in [-0.3, -0.25) is 10.1 Å². The fraction of sp³-hybridized carbons (Fsp3) is 0.286. The molecule has 2 fully saturated rings. The molecule has 0 aromatic carbocycles. The number of hydrogen-bond donors (Lipinski definition) is 3. The van der Waals surface area contributed by atoms with Crippen LogP contribution >= 0.6 is 11.8 Å². The summed E-state index contributed by atoms with van der Waals surface area (Å²) in [5, 5.41) is 13.3. The first-order chi connectivity index (χ1) is 11.1. The van der Waals surface area contributed by atoms with E-state index in [1.807, 2.05) is 12.3 Å². The third kappa shape index (κ3) is 2.63. The van der Waals surface area contributed by atoms with E-state index in [1.54, 1.807) is 16.8 Å². The fourth-order valence-electron chi connectivity index (χ4n) is 2.34. The number of nitrogens with zero attached hydrogens (tertiary/aromatic N) is 3. The molecule has 0 unspecified atom stereocenters. The van der Waals surface area contributed by atoms with E-state index in [4.69, 9.17) is 0 Å². The highest BCUT2D eigenvalue weighted by Gasteiger charge is 2.25. The van der Waals surface area contributed by atoms with Crippen LogP contribution in [0.1, 0.15) is 18.4 Å². The number of nitrogens with one attached hydrogen (secondary N) is 3. The van der Waals surface area contributed by atoms with Gasteiger partial charge in [-0.25, -0.2) is 9.78 Å². The van der Waals surface area contributed by atoms with Crippen molar-refractivity contribution in [1.82, 2.24) is 25.2 Å².